The Hall–Kier alpha value is -2.76. The number of aliphatic hydroxyl groups excluding tert-OH is 1. The monoisotopic (exact) mass is 503 g/mol. The van der Waals surface area contributed by atoms with Gasteiger partial charge < -0.3 is 19.3 Å². The van der Waals surface area contributed by atoms with E-state index < -0.39 is 22.2 Å². The molecular weight excluding hydrogens is 470 g/mol. The molecule has 0 aromatic carbocycles. The Kier molecular flexibility index (Phi) is 7.30. The Bertz CT molecular complexity index is 1220. The fourth-order valence-corrected chi connectivity index (χ4v) is 5.60. The summed E-state index contributed by atoms with van der Waals surface area (Å²) in [5.74, 6) is -0.316. The van der Waals surface area contributed by atoms with Crippen molar-refractivity contribution < 1.29 is 23.1 Å². The van der Waals surface area contributed by atoms with Gasteiger partial charge in [-0.05, 0) is 43.4 Å². The Labute approximate surface area is 206 Å². The summed E-state index contributed by atoms with van der Waals surface area (Å²) in [6.45, 7) is 3.85. The van der Waals surface area contributed by atoms with Gasteiger partial charge in [0, 0.05) is 39.0 Å². The number of sulfonamides is 1. The predicted octanol–water partition coefficient (Wildman–Crippen LogP) is 1.92. The number of carbonyl (C=O) groups is 1. The SMILES string of the molecule is C[C@@H]1CN([C@H](C)CO)C(=O)c2cc(C3=CCCC3)cnc2O[C@@H]1CN(C)S(=O)(=O)c1cn(C)cn1. The van der Waals surface area contributed by atoms with Crippen molar-refractivity contribution in [2.24, 2.45) is 13.0 Å². The number of rotatable bonds is 7. The van der Waals surface area contributed by atoms with Gasteiger partial charge in [0.25, 0.3) is 15.9 Å². The molecule has 0 radical (unpaired) electrons. The van der Waals surface area contributed by atoms with Crippen LogP contribution in [0.4, 0.5) is 0 Å². The minimum absolute atomic E-state index is 0.0419. The molecule has 190 valence electrons. The van der Waals surface area contributed by atoms with E-state index in [-0.39, 0.29) is 35.9 Å². The Balaban J connectivity index is 1.68. The van der Waals surface area contributed by atoms with E-state index >= 15 is 0 Å². The molecule has 0 bridgehead atoms. The second kappa shape index (κ2) is 10.1. The lowest BCUT2D eigenvalue weighted by Gasteiger charge is -2.37. The zero-order valence-corrected chi connectivity index (χ0v) is 21.4. The van der Waals surface area contributed by atoms with Crippen molar-refractivity contribution in [1.29, 1.82) is 0 Å². The fourth-order valence-electron chi connectivity index (χ4n) is 4.46. The van der Waals surface area contributed by atoms with Gasteiger partial charge >= 0.3 is 0 Å². The topological polar surface area (TPSA) is 118 Å². The van der Waals surface area contributed by atoms with Crippen molar-refractivity contribution in [2.75, 3.05) is 26.7 Å². The van der Waals surface area contributed by atoms with E-state index in [1.807, 2.05) is 6.92 Å². The molecule has 3 heterocycles. The van der Waals surface area contributed by atoms with Crippen LogP contribution in [0.2, 0.25) is 0 Å². The average Bonchev–Trinajstić information content (AvgIpc) is 3.53. The highest BCUT2D eigenvalue weighted by Crippen LogP contribution is 2.32. The summed E-state index contributed by atoms with van der Waals surface area (Å²) < 4.78 is 35.2. The summed E-state index contributed by atoms with van der Waals surface area (Å²) in [5.41, 5.74) is 2.36. The first kappa shape index (κ1) is 25.3. The van der Waals surface area contributed by atoms with Gasteiger partial charge in [-0.3, -0.25) is 4.79 Å². The van der Waals surface area contributed by atoms with E-state index in [1.54, 1.807) is 35.7 Å². The van der Waals surface area contributed by atoms with E-state index in [9.17, 15) is 18.3 Å². The maximum Gasteiger partial charge on any atom is 0.261 e. The van der Waals surface area contributed by atoms with Crippen molar-refractivity contribution in [3.05, 3.63) is 42.0 Å². The van der Waals surface area contributed by atoms with Gasteiger partial charge in [0.1, 0.15) is 11.7 Å². The summed E-state index contributed by atoms with van der Waals surface area (Å²) in [4.78, 5) is 23.6. The van der Waals surface area contributed by atoms with Gasteiger partial charge in [-0.2, -0.15) is 4.31 Å². The first-order valence-electron chi connectivity index (χ1n) is 11.8. The summed E-state index contributed by atoms with van der Waals surface area (Å²) >= 11 is 0. The lowest BCUT2D eigenvalue weighted by Crippen LogP contribution is -2.50. The fraction of sp³-hybridized carbons (Fsp3) is 0.542. The Morgan fingerprint density at radius 2 is 2.11 bits per heavy atom. The van der Waals surface area contributed by atoms with Crippen LogP contribution in [0.1, 0.15) is 49.0 Å². The number of aliphatic hydroxyl groups is 1. The van der Waals surface area contributed by atoms with E-state index in [0.29, 0.717) is 12.1 Å². The predicted molar refractivity (Wildman–Crippen MR) is 130 cm³/mol. The molecule has 11 heteroatoms. The molecule has 2 aromatic rings. The number of hydrogen-bond acceptors (Lipinski definition) is 7. The molecule has 1 amide bonds. The van der Waals surface area contributed by atoms with Crippen LogP contribution in [0.3, 0.4) is 0 Å². The van der Waals surface area contributed by atoms with Crippen LogP contribution < -0.4 is 4.74 Å². The van der Waals surface area contributed by atoms with E-state index in [4.69, 9.17) is 4.74 Å². The molecule has 4 rings (SSSR count). The normalized spacial score (nSPS) is 21.8. The highest BCUT2D eigenvalue weighted by molar-refractivity contribution is 7.89. The van der Waals surface area contributed by atoms with Crippen molar-refractivity contribution >= 4 is 21.5 Å². The van der Waals surface area contributed by atoms with Gasteiger partial charge in [-0.1, -0.05) is 13.0 Å². The summed E-state index contributed by atoms with van der Waals surface area (Å²) in [6.07, 6.45) is 9.18. The summed E-state index contributed by atoms with van der Waals surface area (Å²) in [6, 6.07) is 1.39. The largest absolute Gasteiger partial charge is 0.472 e. The zero-order valence-electron chi connectivity index (χ0n) is 20.6. The van der Waals surface area contributed by atoms with Crippen LogP contribution >= 0.6 is 0 Å². The van der Waals surface area contributed by atoms with E-state index in [1.165, 1.54) is 23.9 Å². The Morgan fingerprint density at radius 3 is 2.74 bits per heavy atom. The van der Waals surface area contributed by atoms with Gasteiger partial charge in [0.15, 0.2) is 5.03 Å². The van der Waals surface area contributed by atoms with Gasteiger partial charge in [-0.15, -0.1) is 0 Å². The van der Waals surface area contributed by atoms with Gasteiger partial charge in [0.05, 0.1) is 25.5 Å². The number of aryl methyl sites for hydroxylation is 1. The molecule has 3 atom stereocenters. The number of fused-ring (bicyclic) bond motifs is 1. The van der Waals surface area contributed by atoms with Crippen molar-refractivity contribution in [3.8, 4) is 5.88 Å². The molecule has 1 aliphatic carbocycles. The molecule has 0 saturated heterocycles. The first-order valence-corrected chi connectivity index (χ1v) is 13.3. The van der Waals surface area contributed by atoms with Crippen LogP contribution in [0, 0.1) is 5.92 Å². The third kappa shape index (κ3) is 5.12. The zero-order chi connectivity index (χ0) is 25.3. The number of likely N-dealkylation sites (N-methyl/N-ethyl adjacent to an activating group) is 1. The van der Waals surface area contributed by atoms with Crippen LogP contribution in [0.25, 0.3) is 5.57 Å². The number of hydrogen-bond donors (Lipinski definition) is 1. The molecule has 1 N–H and O–H groups in total. The third-order valence-electron chi connectivity index (χ3n) is 6.73. The van der Waals surface area contributed by atoms with Crippen LogP contribution in [-0.4, -0.2) is 82.1 Å². The second-order valence-corrected chi connectivity index (χ2v) is 11.5. The van der Waals surface area contributed by atoms with Crippen molar-refractivity contribution in [2.45, 2.75) is 50.3 Å². The number of amides is 1. The number of ether oxygens (including phenoxy) is 1. The number of imidazole rings is 1. The molecule has 0 fully saturated rings. The first-order chi connectivity index (χ1) is 16.6. The van der Waals surface area contributed by atoms with Crippen molar-refractivity contribution in [3.63, 3.8) is 0 Å². The minimum atomic E-state index is -3.83. The maximum absolute atomic E-state index is 13.5. The van der Waals surface area contributed by atoms with Gasteiger partial charge in [-0.25, -0.2) is 18.4 Å². The number of nitrogens with zero attached hydrogens (tertiary/aromatic N) is 5. The highest BCUT2D eigenvalue weighted by Gasteiger charge is 2.36. The summed E-state index contributed by atoms with van der Waals surface area (Å²) in [7, 11) is -0.634. The van der Waals surface area contributed by atoms with Gasteiger partial charge in [0.2, 0.25) is 5.88 Å². The quantitative estimate of drug-likeness (QED) is 0.613. The third-order valence-corrected chi connectivity index (χ3v) is 8.43. The van der Waals surface area contributed by atoms with Crippen molar-refractivity contribution in [1.82, 2.24) is 23.7 Å². The number of allylic oxidation sites excluding steroid dienone is 2. The summed E-state index contributed by atoms with van der Waals surface area (Å²) in [5, 5.41) is 9.79. The molecule has 35 heavy (non-hydrogen) atoms. The van der Waals surface area contributed by atoms with Crippen LogP contribution in [0.15, 0.2) is 35.9 Å². The molecule has 2 aromatic heterocycles. The molecule has 1 aliphatic heterocycles. The lowest BCUT2D eigenvalue weighted by atomic mass is 9.99. The molecule has 10 nitrogen and oxygen atoms in total. The molecule has 0 spiro atoms. The molecule has 0 unspecified atom stereocenters. The maximum atomic E-state index is 13.5. The number of pyridine rings is 1. The molecular formula is C24H33N5O5S. The van der Waals surface area contributed by atoms with Crippen LogP contribution in [-0.2, 0) is 17.1 Å². The average molecular weight is 504 g/mol. The lowest BCUT2D eigenvalue weighted by molar-refractivity contribution is 0.0373. The smallest absolute Gasteiger partial charge is 0.261 e. The minimum Gasteiger partial charge on any atom is -0.472 e. The van der Waals surface area contributed by atoms with Crippen LogP contribution in [0.5, 0.6) is 5.88 Å². The standard InChI is InChI=1S/C24H33N5O5S/c1-16-11-29(17(2)14-30)24(31)20-9-19(18-7-5-6-8-18)10-25-23(20)34-21(16)12-28(4)35(32,33)22-13-27(3)15-26-22/h7,9-10,13,15-17,21,30H,5-6,8,11-12,14H2,1-4H3/t16-,17-,21-/m1/s1. The number of aromatic nitrogens is 3. The second-order valence-electron chi connectivity index (χ2n) is 9.48. The molecule has 2 aliphatic rings. The van der Waals surface area contributed by atoms with E-state index in [2.05, 4.69) is 16.0 Å². The highest BCUT2D eigenvalue weighted by atomic mass is 32.2. The Morgan fingerprint density at radius 1 is 1.34 bits per heavy atom. The molecule has 0 saturated carbocycles. The van der Waals surface area contributed by atoms with E-state index in [0.717, 1.165) is 30.4 Å². The number of carbonyl (C=O) groups excluding carboxylic acids is 1.